The van der Waals surface area contributed by atoms with Gasteiger partial charge >= 0.3 is 0 Å². The van der Waals surface area contributed by atoms with Gasteiger partial charge in [-0.15, -0.1) is 0 Å². The van der Waals surface area contributed by atoms with Gasteiger partial charge in [-0.3, -0.25) is 14.2 Å². The monoisotopic (exact) mass is 465 g/mol. The summed E-state index contributed by atoms with van der Waals surface area (Å²) < 4.78 is 22.9. The van der Waals surface area contributed by atoms with Crippen molar-refractivity contribution in [3.63, 3.8) is 0 Å². The van der Waals surface area contributed by atoms with Crippen molar-refractivity contribution in [1.29, 1.82) is 0 Å². The van der Waals surface area contributed by atoms with Crippen LogP contribution in [0.25, 0.3) is 10.9 Å². The zero-order valence-corrected chi connectivity index (χ0v) is 18.4. The molecule has 4 aromatic rings. The Morgan fingerprint density at radius 1 is 1.18 bits per heavy atom. The van der Waals surface area contributed by atoms with Gasteiger partial charge in [0.15, 0.2) is 16.7 Å². The molecule has 1 N–H and O–H groups in total. The van der Waals surface area contributed by atoms with E-state index in [1.54, 1.807) is 61.9 Å². The van der Waals surface area contributed by atoms with E-state index < -0.39 is 0 Å². The van der Waals surface area contributed by atoms with Crippen LogP contribution in [0.3, 0.4) is 0 Å². The Balaban J connectivity index is 1.44. The van der Waals surface area contributed by atoms with Crippen LogP contribution in [-0.4, -0.2) is 35.1 Å². The largest absolute Gasteiger partial charge is 0.497 e. The molecule has 0 unspecified atom stereocenters. The van der Waals surface area contributed by atoms with Crippen molar-refractivity contribution < 1.29 is 23.4 Å². The number of nitrogens with zero attached hydrogens (tertiary/aromatic N) is 2. The molecular weight excluding hydrogens is 446 g/mol. The number of fused-ring (bicyclic) bond motifs is 2. The molecule has 2 aromatic carbocycles. The van der Waals surface area contributed by atoms with Crippen molar-refractivity contribution in [1.82, 2.24) is 9.55 Å². The summed E-state index contributed by atoms with van der Waals surface area (Å²) in [7, 11) is 1.56. The van der Waals surface area contributed by atoms with Crippen LogP contribution in [0.4, 0.5) is 5.69 Å². The zero-order chi connectivity index (χ0) is 22.8. The fourth-order valence-corrected chi connectivity index (χ4v) is 4.23. The van der Waals surface area contributed by atoms with Gasteiger partial charge in [0.1, 0.15) is 11.5 Å². The molecule has 0 spiro atoms. The second-order valence-corrected chi connectivity index (χ2v) is 8.10. The quantitative estimate of drug-likeness (QED) is 0.327. The van der Waals surface area contributed by atoms with E-state index in [9.17, 15) is 9.59 Å². The van der Waals surface area contributed by atoms with E-state index in [1.165, 1.54) is 4.57 Å². The molecule has 168 valence electrons. The number of carbonyl (C=O) groups is 1. The van der Waals surface area contributed by atoms with E-state index in [0.717, 1.165) is 11.8 Å². The lowest BCUT2D eigenvalue weighted by Crippen LogP contribution is -2.24. The molecule has 0 saturated heterocycles. The average Bonchev–Trinajstić information content (AvgIpc) is 3.50. The molecule has 10 heteroatoms. The predicted octanol–water partition coefficient (Wildman–Crippen LogP) is 3.51. The molecule has 1 aliphatic rings. The summed E-state index contributed by atoms with van der Waals surface area (Å²) in [6.45, 7) is 0.279. The fraction of sp³-hybridized carbons (Fsp3) is 0.174. The summed E-state index contributed by atoms with van der Waals surface area (Å²) in [6, 6.07) is 13.9. The molecule has 0 radical (unpaired) electrons. The van der Waals surface area contributed by atoms with Crippen molar-refractivity contribution in [3.05, 3.63) is 70.9 Å². The first-order chi connectivity index (χ1) is 16.1. The van der Waals surface area contributed by atoms with E-state index in [4.69, 9.17) is 18.6 Å². The number of anilines is 1. The molecule has 3 heterocycles. The summed E-state index contributed by atoms with van der Waals surface area (Å²) >= 11 is 1.16. The molecule has 0 fully saturated rings. The number of benzene rings is 2. The number of ether oxygens (including phenoxy) is 3. The number of hydrogen-bond acceptors (Lipinski definition) is 8. The summed E-state index contributed by atoms with van der Waals surface area (Å²) in [5.41, 5.74) is 0.827. The van der Waals surface area contributed by atoms with Crippen LogP contribution in [-0.2, 0) is 11.3 Å². The zero-order valence-electron chi connectivity index (χ0n) is 17.6. The first kappa shape index (κ1) is 21.0. The van der Waals surface area contributed by atoms with E-state index >= 15 is 0 Å². The van der Waals surface area contributed by atoms with Gasteiger partial charge in [0.05, 0.1) is 36.6 Å². The van der Waals surface area contributed by atoms with Gasteiger partial charge < -0.3 is 23.9 Å². The Labute approximate surface area is 192 Å². The molecule has 0 aliphatic carbocycles. The SMILES string of the molecule is COc1cccc(NC(=O)CSc2nc3cc4c(cc3c(=O)n2Cc2ccco2)OCO4)c1. The predicted molar refractivity (Wildman–Crippen MR) is 122 cm³/mol. The molecule has 0 saturated carbocycles. The summed E-state index contributed by atoms with van der Waals surface area (Å²) in [4.78, 5) is 30.6. The van der Waals surface area contributed by atoms with Crippen LogP contribution in [0.5, 0.6) is 17.2 Å². The van der Waals surface area contributed by atoms with Gasteiger partial charge in [-0.05, 0) is 30.3 Å². The number of amides is 1. The third kappa shape index (κ3) is 4.37. The standard InChI is InChI=1S/C23H19N3O6S/c1-29-15-5-2-4-14(8-15)24-21(27)12-33-23-25-18-10-20-19(31-13-32-20)9-17(18)22(28)26(23)11-16-6-3-7-30-16/h2-10H,11-13H2,1H3,(H,24,27). The fourth-order valence-electron chi connectivity index (χ4n) is 3.43. The van der Waals surface area contributed by atoms with Gasteiger partial charge in [-0.25, -0.2) is 4.98 Å². The van der Waals surface area contributed by atoms with Crippen molar-refractivity contribution in [2.45, 2.75) is 11.7 Å². The Morgan fingerprint density at radius 3 is 2.82 bits per heavy atom. The molecule has 2 aromatic heterocycles. The van der Waals surface area contributed by atoms with Crippen LogP contribution in [0.1, 0.15) is 5.76 Å². The minimum atomic E-state index is -0.259. The highest BCUT2D eigenvalue weighted by molar-refractivity contribution is 7.99. The summed E-state index contributed by atoms with van der Waals surface area (Å²) in [5.74, 6) is 2.09. The first-order valence-corrected chi connectivity index (χ1v) is 11.0. The van der Waals surface area contributed by atoms with E-state index in [0.29, 0.717) is 44.8 Å². The van der Waals surface area contributed by atoms with E-state index in [2.05, 4.69) is 10.3 Å². The molecule has 9 nitrogen and oxygen atoms in total. The maximum atomic E-state index is 13.3. The molecule has 5 rings (SSSR count). The van der Waals surface area contributed by atoms with Crippen molar-refractivity contribution in [3.8, 4) is 17.2 Å². The van der Waals surface area contributed by atoms with Gasteiger partial charge in [-0.2, -0.15) is 0 Å². The Kier molecular flexibility index (Phi) is 5.66. The van der Waals surface area contributed by atoms with Crippen LogP contribution < -0.4 is 25.1 Å². The molecule has 0 bridgehead atoms. The Hall–Kier alpha value is -3.92. The topological polar surface area (TPSA) is 105 Å². The third-order valence-electron chi connectivity index (χ3n) is 4.99. The number of methoxy groups -OCH3 is 1. The molecule has 1 amide bonds. The Morgan fingerprint density at radius 2 is 2.03 bits per heavy atom. The maximum Gasteiger partial charge on any atom is 0.262 e. The highest BCUT2D eigenvalue weighted by Gasteiger charge is 2.20. The minimum absolute atomic E-state index is 0.0534. The van der Waals surface area contributed by atoms with Crippen LogP contribution in [0.2, 0.25) is 0 Å². The Bertz CT molecular complexity index is 1380. The minimum Gasteiger partial charge on any atom is -0.497 e. The lowest BCUT2D eigenvalue weighted by Gasteiger charge is -2.13. The van der Waals surface area contributed by atoms with Gasteiger partial charge in [0, 0.05) is 17.8 Å². The average molecular weight is 465 g/mol. The normalized spacial score (nSPS) is 12.2. The van der Waals surface area contributed by atoms with Crippen LogP contribution >= 0.6 is 11.8 Å². The van der Waals surface area contributed by atoms with E-state index in [1.807, 2.05) is 0 Å². The number of hydrogen-bond donors (Lipinski definition) is 1. The molecule has 0 atom stereocenters. The number of nitrogens with one attached hydrogen (secondary N) is 1. The maximum absolute atomic E-state index is 13.3. The number of carbonyl (C=O) groups excluding carboxylic acids is 1. The van der Waals surface area contributed by atoms with Crippen LogP contribution in [0, 0.1) is 0 Å². The smallest absolute Gasteiger partial charge is 0.262 e. The van der Waals surface area contributed by atoms with Crippen molar-refractivity contribution in [2.24, 2.45) is 0 Å². The van der Waals surface area contributed by atoms with Gasteiger partial charge in [0.25, 0.3) is 5.56 Å². The summed E-state index contributed by atoms with van der Waals surface area (Å²) in [6.07, 6.45) is 1.54. The van der Waals surface area contributed by atoms with Crippen LogP contribution in [0.15, 0.2) is 69.2 Å². The number of aromatic nitrogens is 2. The molecular formula is C23H19N3O6S. The van der Waals surface area contributed by atoms with Gasteiger partial charge in [0.2, 0.25) is 12.7 Å². The summed E-state index contributed by atoms with van der Waals surface area (Å²) in [5, 5.41) is 3.62. The second kappa shape index (κ2) is 8.91. The lowest BCUT2D eigenvalue weighted by atomic mass is 10.2. The second-order valence-electron chi connectivity index (χ2n) is 7.16. The van der Waals surface area contributed by atoms with Crippen molar-refractivity contribution in [2.75, 3.05) is 25.0 Å². The first-order valence-electron chi connectivity index (χ1n) is 10.0. The number of furan rings is 1. The molecule has 1 aliphatic heterocycles. The lowest BCUT2D eigenvalue weighted by molar-refractivity contribution is -0.113. The van der Waals surface area contributed by atoms with E-state index in [-0.39, 0.29) is 30.6 Å². The number of thioether (sulfide) groups is 1. The van der Waals surface area contributed by atoms with Gasteiger partial charge in [-0.1, -0.05) is 17.8 Å². The number of rotatable bonds is 7. The highest BCUT2D eigenvalue weighted by Crippen LogP contribution is 2.35. The third-order valence-corrected chi connectivity index (χ3v) is 5.97. The van der Waals surface area contributed by atoms with Crippen molar-refractivity contribution >= 4 is 34.3 Å². The molecule has 33 heavy (non-hydrogen) atoms. The highest BCUT2D eigenvalue weighted by atomic mass is 32.2.